The minimum Gasteiger partial charge on any atom is -0.466 e. The lowest BCUT2D eigenvalue weighted by atomic mass is 10.1. The summed E-state index contributed by atoms with van der Waals surface area (Å²) in [4.78, 5) is 15.7. The summed E-state index contributed by atoms with van der Waals surface area (Å²) >= 11 is 7.27. The van der Waals surface area contributed by atoms with E-state index in [0.717, 1.165) is 11.1 Å². The van der Waals surface area contributed by atoms with Crippen LogP contribution in [0.25, 0.3) is 11.4 Å². The van der Waals surface area contributed by atoms with Crippen LogP contribution in [0.2, 0.25) is 5.02 Å². The second kappa shape index (κ2) is 6.12. The number of carbonyl (C=O) groups is 1. The van der Waals surface area contributed by atoms with E-state index < -0.39 is 0 Å². The fourth-order valence-corrected chi connectivity index (χ4v) is 2.34. The highest BCUT2D eigenvalue weighted by Crippen LogP contribution is 2.24. The Labute approximate surface area is 120 Å². The summed E-state index contributed by atoms with van der Waals surface area (Å²) in [7, 11) is 0. The molecular formula is C13H13ClN2O2S. The van der Waals surface area contributed by atoms with Crippen molar-refractivity contribution < 1.29 is 9.53 Å². The SMILES string of the molecule is CCOC(=O)Cc1nc(-c2ccc(C)c(Cl)c2)ns1. The quantitative estimate of drug-likeness (QED) is 0.813. The third kappa shape index (κ3) is 3.52. The molecule has 0 saturated carbocycles. The van der Waals surface area contributed by atoms with Crippen molar-refractivity contribution in [1.29, 1.82) is 0 Å². The fourth-order valence-electron chi connectivity index (χ4n) is 1.51. The number of esters is 1. The summed E-state index contributed by atoms with van der Waals surface area (Å²) < 4.78 is 9.11. The molecule has 1 heterocycles. The second-order valence-electron chi connectivity index (χ2n) is 3.96. The molecule has 0 amide bonds. The zero-order chi connectivity index (χ0) is 13.8. The largest absolute Gasteiger partial charge is 0.466 e. The summed E-state index contributed by atoms with van der Waals surface area (Å²) in [6.45, 7) is 4.09. The highest BCUT2D eigenvalue weighted by Gasteiger charge is 2.11. The topological polar surface area (TPSA) is 52.1 Å². The van der Waals surface area contributed by atoms with Gasteiger partial charge in [-0.05, 0) is 37.0 Å². The minimum atomic E-state index is -0.285. The van der Waals surface area contributed by atoms with Gasteiger partial charge >= 0.3 is 5.97 Å². The van der Waals surface area contributed by atoms with Crippen LogP contribution in [0, 0.1) is 6.92 Å². The maximum Gasteiger partial charge on any atom is 0.312 e. The van der Waals surface area contributed by atoms with E-state index in [1.54, 1.807) is 6.92 Å². The van der Waals surface area contributed by atoms with Crippen LogP contribution in [-0.2, 0) is 16.0 Å². The molecular weight excluding hydrogens is 284 g/mol. The molecule has 0 bridgehead atoms. The summed E-state index contributed by atoms with van der Waals surface area (Å²) in [6.07, 6.45) is 0.158. The van der Waals surface area contributed by atoms with Gasteiger partial charge < -0.3 is 4.74 Å². The predicted molar refractivity (Wildman–Crippen MR) is 75.4 cm³/mol. The molecule has 0 aliphatic rings. The molecule has 2 aromatic rings. The maximum atomic E-state index is 11.4. The van der Waals surface area contributed by atoms with Crippen molar-refractivity contribution in [2.24, 2.45) is 0 Å². The van der Waals surface area contributed by atoms with Gasteiger partial charge in [-0.1, -0.05) is 23.7 Å². The van der Waals surface area contributed by atoms with E-state index in [0.29, 0.717) is 22.5 Å². The van der Waals surface area contributed by atoms with Gasteiger partial charge in [0.15, 0.2) is 5.82 Å². The van der Waals surface area contributed by atoms with Crippen LogP contribution in [0.5, 0.6) is 0 Å². The van der Waals surface area contributed by atoms with Gasteiger partial charge in [0.05, 0.1) is 13.0 Å². The molecule has 19 heavy (non-hydrogen) atoms. The van der Waals surface area contributed by atoms with Gasteiger partial charge in [0, 0.05) is 10.6 Å². The number of nitrogens with zero attached hydrogens (tertiary/aromatic N) is 2. The molecule has 4 nitrogen and oxygen atoms in total. The van der Waals surface area contributed by atoms with Crippen molar-refractivity contribution >= 4 is 29.1 Å². The zero-order valence-electron chi connectivity index (χ0n) is 10.6. The van der Waals surface area contributed by atoms with Gasteiger partial charge in [-0.2, -0.15) is 4.37 Å². The van der Waals surface area contributed by atoms with E-state index in [-0.39, 0.29) is 12.4 Å². The number of halogens is 1. The highest BCUT2D eigenvalue weighted by atomic mass is 35.5. The number of hydrogen-bond donors (Lipinski definition) is 0. The van der Waals surface area contributed by atoms with Gasteiger partial charge in [0.1, 0.15) is 5.01 Å². The Morgan fingerprint density at radius 2 is 2.26 bits per heavy atom. The van der Waals surface area contributed by atoms with Gasteiger partial charge in [0.2, 0.25) is 0 Å². The first-order valence-corrected chi connectivity index (χ1v) is 7.00. The van der Waals surface area contributed by atoms with Crippen LogP contribution in [0.3, 0.4) is 0 Å². The van der Waals surface area contributed by atoms with E-state index in [2.05, 4.69) is 9.36 Å². The first-order valence-electron chi connectivity index (χ1n) is 5.85. The summed E-state index contributed by atoms with van der Waals surface area (Å²) in [5.74, 6) is 0.304. The van der Waals surface area contributed by atoms with Gasteiger partial charge in [-0.15, -0.1) is 0 Å². The second-order valence-corrected chi connectivity index (χ2v) is 5.20. The number of rotatable bonds is 4. The van der Waals surface area contributed by atoms with Crippen LogP contribution in [-0.4, -0.2) is 21.9 Å². The number of aryl methyl sites for hydroxylation is 1. The van der Waals surface area contributed by atoms with E-state index >= 15 is 0 Å². The van der Waals surface area contributed by atoms with Gasteiger partial charge in [-0.3, -0.25) is 4.79 Å². The van der Waals surface area contributed by atoms with Crippen molar-refractivity contribution in [3.63, 3.8) is 0 Å². The Bertz CT molecular complexity index is 598. The van der Waals surface area contributed by atoms with Crippen LogP contribution < -0.4 is 0 Å². The zero-order valence-corrected chi connectivity index (χ0v) is 12.2. The number of benzene rings is 1. The monoisotopic (exact) mass is 296 g/mol. The normalized spacial score (nSPS) is 10.5. The molecule has 0 aliphatic carbocycles. The Morgan fingerprint density at radius 1 is 1.47 bits per heavy atom. The molecule has 0 unspecified atom stereocenters. The third-order valence-electron chi connectivity index (χ3n) is 2.50. The standard InChI is InChI=1S/C13H13ClN2O2S/c1-3-18-12(17)7-11-15-13(16-19-11)9-5-4-8(2)10(14)6-9/h4-6H,3,7H2,1-2H3. The molecule has 0 radical (unpaired) electrons. The first-order chi connectivity index (χ1) is 9.10. The van der Waals surface area contributed by atoms with Crippen molar-refractivity contribution in [2.75, 3.05) is 6.61 Å². The van der Waals surface area contributed by atoms with Crippen molar-refractivity contribution in [3.8, 4) is 11.4 Å². The van der Waals surface area contributed by atoms with Crippen LogP contribution in [0.15, 0.2) is 18.2 Å². The summed E-state index contributed by atoms with van der Waals surface area (Å²) in [5.41, 5.74) is 1.86. The van der Waals surface area contributed by atoms with E-state index in [4.69, 9.17) is 16.3 Å². The molecule has 0 aliphatic heterocycles. The minimum absolute atomic E-state index is 0.158. The molecule has 0 N–H and O–H groups in total. The molecule has 6 heteroatoms. The smallest absolute Gasteiger partial charge is 0.312 e. The lowest BCUT2D eigenvalue weighted by molar-refractivity contribution is -0.142. The van der Waals surface area contributed by atoms with Crippen molar-refractivity contribution in [2.45, 2.75) is 20.3 Å². The summed E-state index contributed by atoms with van der Waals surface area (Å²) in [6, 6.07) is 5.66. The maximum absolute atomic E-state index is 11.4. The average molecular weight is 297 g/mol. The molecule has 1 aromatic heterocycles. The number of aromatic nitrogens is 2. The molecule has 1 aromatic carbocycles. The van der Waals surface area contributed by atoms with Gasteiger partial charge in [-0.25, -0.2) is 4.98 Å². The first kappa shape index (κ1) is 14.0. The Morgan fingerprint density at radius 3 is 2.95 bits per heavy atom. The Hall–Kier alpha value is -1.46. The lowest BCUT2D eigenvalue weighted by Gasteiger charge is -2.00. The number of hydrogen-bond acceptors (Lipinski definition) is 5. The Balaban J connectivity index is 2.16. The molecule has 0 spiro atoms. The third-order valence-corrected chi connectivity index (χ3v) is 3.62. The molecule has 2 rings (SSSR count). The summed E-state index contributed by atoms with van der Waals surface area (Å²) in [5, 5.41) is 1.32. The fraction of sp³-hybridized carbons (Fsp3) is 0.308. The molecule has 0 saturated heterocycles. The molecule has 0 fully saturated rings. The van der Waals surface area contributed by atoms with Crippen LogP contribution >= 0.6 is 23.1 Å². The van der Waals surface area contributed by atoms with E-state index in [1.165, 1.54) is 11.5 Å². The average Bonchev–Trinajstić information content (AvgIpc) is 2.81. The number of carbonyl (C=O) groups excluding carboxylic acids is 1. The van der Waals surface area contributed by atoms with Crippen molar-refractivity contribution in [3.05, 3.63) is 33.8 Å². The molecule has 100 valence electrons. The molecule has 0 atom stereocenters. The Kier molecular flexibility index (Phi) is 4.50. The number of ether oxygens (including phenoxy) is 1. The van der Waals surface area contributed by atoms with Crippen LogP contribution in [0.4, 0.5) is 0 Å². The lowest BCUT2D eigenvalue weighted by Crippen LogP contribution is -2.07. The van der Waals surface area contributed by atoms with Gasteiger partial charge in [0.25, 0.3) is 0 Å². The van der Waals surface area contributed by atoms with Crippen molar-refractivity contribution in [1.82, 2.24) is 9.36 Å². The van der Waals surface area contributed by atoms with Crippen LogP contribution in [0.1, 0.15) is 17.5 Å². The highest BCUT2D eigenvalue weighted by molar-refractivity contribution is 7.05. The predicted octanol–water partition coefficient (Wildman–Crippen LogP) is 3.27. The van der Waals surface area contributed by atoms with E-state index in [1.807, 2.05) is 25.1 Å². The van der Waals surface area contributed by atoms with E-state index in [9.17, 15) is 4.79 Å².